The average Bonchev–Trinajstić information content (AvgIpc) is 2.49. The highest BCUT2D eigenvalue weighted by Gasteiger charge is 2.10. The van der Waals surface area contributed by atoms with Crippen LogP contribution in [0.4, 0.5) is 0 Å². The van der Waals surface area contributed by atoms with Crippen LogP contribution in [0.25, 0.3) is 0 Å². The second-order valence-electron chi connectivity index (χ2n) is 5.35. The molecule has 0 bridgehead atoms. The number of guanidine groups is 1. The van der Waals surface area contributed by atoms with Gasteiger partial charge in [-0.2, -0.15) is 0 Å². The molecular weight excluding hydrogens is 331 g/mol. The summed E-state index contributed by atoms with van der Waals surface area (Å²) in [4.78, 5) is 8.45. The second kappa shape index (κ2) is 8.18. The van der Waals surface area contributed by atoms with Gasteiger partial charge in [0.2, 0.25) is 0 Å². The highest BCUT2D eigenvalue weighted by Crippen LogP contribution is 2.25. The molecule has 0 radical (unpaired) electrons. The number of aromatic nitrogens is 1. The molecule has 0 aliphatic carbocycles. The quantitative estimate of drug-likeness (QED) is 0.634. The first-order chi connectivity index (χ1) is 11.0. The van der Waals surface area contributed by atoms with Gasteiger partial charge in [0.15, 0.2) is 5.96 Å². The maximum atomic E-state index is 6.20. The number of nitrogens with two attached hydrogens (primary N) is 1. The van der Waals surface area contributed by atoms with Crippen LogP contribution in [0.2, 0.25) is 10.0 Å². The zero-order chi connectivity index (χ0) is 16.8. The second-order valence-corrected chi connectivity index (χ2v) is 6.19. The summed E-state index contributed by atoms with van der Waals surface area (Å²) < 4.78 is 0. The third-order valence-corrected chi connectivity index (χ3v) is 4.16. The number of hydrogen-bond donors (Lipinski definition) is 2. The Hall–Kier alpha value is -1.78. The van der Waals surface area contributed by atoms with Crippen LogP contribution in [-0.2, 0) is 6.42 Å². The Kier molecular flexibility index (Phi) is 6.25. The van der Waals surface area contributed by atoms with Gasteiger partial charge in [-0.05, 0) is 55.2 Å². The van der Waals surface area contributed by atoms with Gasteiger partial charge in [0.1, 0.15) is 0 Å². The van der Waals surface area contributed by atoms with E-state index in [9.17, 15) is 0 Å². The smallest absolute Gasteiger partial charge is 0.189 e. The minimum absolute atomic E-state index is 0.0498. The highest BCUT2D eigenvalue weighted by atomic mass is 35.5. The van der Waals surface area contributed by atoms with Gasteiger partial charge >= 0.3 is 0 Å². The topological polar surface area (TPSA) is 63.3 Å². The summed E-state index contributed by atoms with van der Waals surface area (Å²) >= 11 is 12.1. The van der Waals surface area contributed by atoms with Crippen molar-refractivity contribution in [2.45, 2.75) is 26.3 Å². The lowest BCUT2D eigenvalue weighted by atomic mass is 10.1. The highest BCUT2D eigenvalue weighted by molar-refractivity contribution is 6.35. The van der Waals surface area contributed by atoms with E-state index in [4.69, 9.17) is 28.9 Å². The van der Waals surface area contributed by atoms with Crippen molar-refractivity contribution in [3.8, 4) is 0 Å². The van der Waals surface area contributed by atoms with E-state index in [1.165, 1.54) is 5.56 Å². The minimum atomic E-state index is -0.0498. The number of benzene rings is 1. The fourth-order valence-electron chi connectivity index (χ4n) is 2.28. The molecule has 6 heteroatoms. The molecule has 1 unspecified atom stereocenters. The summed E-state index contributed by atoms with van der Waals surface area (Å²) in [5, 5.41) is 4.37. The molecule has 23 heavy (non-hydrogen) atoms. The molecule has 0 aliphatic heterocycles. The van der Waals surface area contributed by atoms with Crippen LogP contribution in [0.15, 0.2) is 41.7 Å². The Morgan fingerprint density at radius 2 is 2.13 bits per heavy atom. The molecule has 0 saturated heterocycles. The van der Waals surface area contributed by atoms with E-state index in [0.717, 1.165) is 17.5 Å². The van der Waals surface area contributed by atoms with Gasteiger partial charge in [-0.1, -0.05) is 29.3 Å². The zero-order valence-electron chi connectivity index (χ0n) is 13.2. The summed E-state index contributed by atoms with van der Waals surface area (Å²) in [6, 6.07) is 7.36. The van der Waals surface area contributed by atoms with E-state index in [2.05, 4.69) is 15.3 Å². The van der Waals surface area contributed by atoms with E-state index >= 15 is 0 Å². The van der Waals surface area contributed by atoms with Crippen LogP contribution in [0.3, 0.4) is 0 Å². The van der Waals surface area contributed by atoms with Crippen LogP contribution in [0.5, 0.6) is 0 Å². The molecule has 0 spiro atoms. The van der Waals surface area contributed by atoms with Crippen molar-refractivity contribution in [2.75, 3.05) is 6.54 Å². The van der Waals surface area contributed by atoms with Crippen molar-refractivity contribution in [3.63, 3.8) is 0 Å². The number of aryl methyl sites for hydroxylation is 1. The summed E-state index contributed by atoms with van der Waals surface area (Å²) in [5.41, 5.74) is 9.27. The lowest BCUT2D eigenvalue weighted by molar-refractivity contribution is 0.707. The van der Waals surface area contributed by atoms with Gasteiger partial charge in [0.25, 0.3) is 0 Å². The molecule has 0 aliphatic rings. The molecule has 0 amide bonds. The predicted molar refractivity (Wildman–Crippen MR) is 97.2 cm³/mol. The van der Waals surface area contributed by atoms with E-state index in [0.29, 0.717) is 22.5 Å². The van der Waals surface area contributed by atoms with Gasteiger partial charge in [0, 0.05) is 29.0 Å². The minimum Gasteiger partial charge on any atom is -0.370 e. The molecule has 0 saturated carbocycles. The number of hydrogen-bond acceptors (Lipinski definition) is 2. The number of halogens is 2. The third kappa shape index (κ3) is 5.12. The first kappa shape index (κ1) is 17.6. The Balaban J connectivity index is 1.92. The van der Waals surface area contributed by atoms with Crippen molar-refractivity contribution in [1.82, 2.24) is 10.3 Å². The molecule has 1 atom stereocenters. The van der Waals surface area contributed by atoms with Gasteiger partial charge < -0.3 is 11.1 Å². The average molecular weight is 351 g/mol. The third-order valence-electron chi connectivity index (χ3n) is 3.59. The largest absolute Gasteiger partial charge is 0.370 e. The monoisotopic (exact) mass is 350 g/mol. The number of rotatable bonds is 5. The van der Waals surface area contributed by atoms with Gasteiger partial charge in [-0.15, -0.1) is 0 Å². The van der Waals surface area contributed by atoms with Crippen LogP contribution in [-0.4, -0.2) is 17.5 Å². The summed E-state index contributed by atoms with van der Waals surface area (Å²) in [7, 11) is 0. The maximum absolute atomic E-state index is 6.20. The van der Waals surface area contributed by atoms with Crippen molar-refractivity contribution in [3.05, 3.63) is 63.4 Å². The number of pyridine rings is 1. The van der Waals surface area contributed by atoms with Crippen LogP contribution in [0, 0.1) is 6.92 Å². The Bertz CT molecular complexity index is 701. The Morgan fingerprint density at radius 1 is 1.35 bits per heavy atom. The fraction of sp³-hybridized carbons (Fsp3) is 0.294. The standard InChI is InChI=1S/C17H20Cl2N4/c1-11-10-21-7-5-13(11)6-8-22-17(20)23-12(2)15-4-3-14(18)9-16(15)19/h3-5,7,9-10,12H,6,8H2,1-2H3,(H3,20,22,23). The first-order valence-electron chi connectivity index (χ1n) is 7.38. The number of nitrogens with one attached hydrogen (secondary N) is 1. The van der Waals surface area contributed by atoms with Crippen molar-refractivity contribution in [1.29, 1.82) is 0 Å². The normalized spacial score (nSPS) is 13.0. The number of nitrogens with zero attached hydrogens (tertiary/aromatic N) is 2. The van der Waals surface area contributed by atoms with Crippen LogP contribution >= 0.6 is 23.2 Å². The lowest BCUT2D eigenvalue weighted by Crippen LogP contribution is -2.34. The molecule has 2 aromatic rings. The molecule has 122 valence electrons. The van der Waals surface area contributed by atoms with Crippen LogP contribution < -0.4 is 11.1 Å². The van der Waals surface area contributed by atoms with E-state index in [1.54, 1.807) is 18.3 Å². The first-order valence-corrected chi connectivity index (χ1v) is 8.14. The molecule has 3 N–H and O–H groups in total. The van der Waals surface area contributed by atoms with Crippen molar-refractivity contribution in [2.24, 2.45) is 10.7 Å². The van der Waals surface area contributed by atoms with Gasteiger partial charge in [0.05, 0.1) is 6.04 Å². The molecule has 4 nitrogen and oxygen atoms in total. The molecule has 1 aromatic carbocycles. The molecule has 0 fully saturated rings. The zero-order valence-corrected chi connectivity index (χ0v) is 14.7. The maximum Gasteiger partial charge on any atom is 0.189 e. The van der Waals surface area contributed by atoms with Crippen molar-refractivity contribution >= 4 is 29.2 Å². The summed E-state index contributed by atoms with van der Waals surface area (Å²) in [6.07, 6.45) is 4.47. The number of aliphatic imine (C=N–C) groups is 1. The SMILES string of the molecule is Cc1cnccc1CCN=C(N)NC(C)c1ccc(Cl)cc1Cl. The summed E-state index contributed by atoms with van der Waals surface area (Å²) in [5.74, 6) is 0.398. The molecule has 2 rings (SSSR count). The van der Waals surface area contributed by atoms with E-state index in [-0.39, 0.29) is 6.04 Å². The Morgan fingerprint density at radius 3 is 2.83 bits per heavy atom. The van der Waals surface area contributed by atoms with Crippen LogP contribution in [0.1, 0.15) is 29.7 Å². The van der Waals surface area contributed by atoms with E-state index in [1.807, 2.05) is 32.2 Å². The van der Waals surface area contributed by atoms with E-state index < -0.39 is 0 Å². The lowest BCUT2D eigenvalue weighted by Gasteiger charge is -2.16. The molecule has 1 aromatic heterocycles. The fourth-order valence-corrected chi connectivity index (χ4v) is 2.85. The van der Waals surface area contributed by atoms with Gasteiger partial charge in [-0.25, -0.2) is 0 Å². The predicted octanol–water partition coefficient (Wildman–Crippen LogP) is 3.90. The van der Waals surface area contributed by atoms with Gasteiger partial charge in [-0.3, -0.25) is 9.98 Å². The Labute approximate surface area is 146 Å². The molecule has 1 heterocycles. The summed E-state index contributed by atoms with van der Waals surface area (Å²) in [6.45, 7) is 4.63. The van der Waals surface area contributed by atoms with Crippen molar-refractivity contribution < 1.29 is 0 Å². The molecular formula is C17H20Cl2N4.